The van der Waals surface area contributed by atoms with E-state index in [2.05, 4.69) is 4.98 Å². The first-order valence-electron chi connectivity index (χ1n) is 6.16. The lowest BCUT2D eigenvalue weighted by atomic mass is 9.92. The Balaban J connectivity index is 1.99. The third-order valence-corrected chi connectivity index (χ3v) is 3.46. The highest BCUT2D eigenvalue weighted by atomic mass is 19.1. The summed E-state index contributed by atoms with van der Waals surface area (Å²) in [5.74, 6) is -0.439. The SMILES string of the molecule is C[C@@H](O)C1CCN(C(=O)c2cncc(F)c2)CC1. The number of aliphatic hydroxyl groups excluding tert-OH is 1. The number of hydrogen-bond donors (Lipinski definition) is 1. The zero-order chi connectivity index (χ0) is 13.1. The van der Waals surface area contributed by atoms with Crippen molar-refractivity contribution in [3.8, 4) is 0 Å². The van der Waals surface area contributed by atoms with E-state index in [1.54, 1.807) is 11.8 Å². The lowest BCUT2D eigenvalue weighted by molar-refractivity contribution is 0.0521. The molecule has 18 heavy (non-hydrogen) atoms. The summed E-state index contributed by atoms with van der Waals surface area (Å²) in [5, 5.41) is 9.49. The van der Waals surface area contributed by atoms with Gasteiger partial charge in [0.15, 0.2) is 0 Å². The second kappa shape index (κ2) is 5.44. The van der Waals surface area contributed by atoms with Crippen LogP contribution in [0.3, 0.4) is 0 Å². The highest BCUT2D eigenvalue weighted by Gasteiger charge is 2.26. The van der Waals surface area contributed by atoms with Gasteiger partial charge in [-0.15, -0.1) is 0 Å². The number of hydrogen-bond acceptors (Lipinski definition) is 3. The molecular weight excluding hydrogens is 235 g/mol. The molecule has 5 heteroatoms. The van der Waals surface area contributed by atoms with Crippen LogP contribution in [0.2, 0.25) is 0 Å². The van der Waals surface area contributed by atoms with E-state index < -0.39 is 5.82 Å². The van der Waals surface area contributed by atoms with Gasteiger partial charge in [-0.05, 0) is 31.7 Å². The molecule has 4 nitrogen and oxygen atoms in total. The van der Waals surface area contributed by atoms with Crippen molar-refractivity contribution in [2.24, 2.45) is 5.92 Å². The van der Waals surface area contributed by atoms with Crippen LogP contribution in [0, 0.1) is 11.7 Å². The maximum atomic E-state index is 13.0. The number of pyridine rings is 1. The second-order valence-corrected chi connectivity index (χ2v) is 4.76. The maximum absolute atomic E-state index is 13.0. The van der Waals surface area contributed by atoms with Gasteiger partial charge in [-0.25, -0.2) is 4.39 Å². The fourth-order valence-corrected chi connectivity index (χ4v) is 2.30. The molecule has 1 atom stereocenters. The van der Waals surface area contributed by atoms with Gasteiger partial charge in [-0.1, -0.05) is 0 Å². The molecule has 0 unspecified atom stereocenters. The molecule has 0 aliphatic carbocycles. The first kappa shape index (κ1) is 13.0. The monoisotopic (exact) mass is 252 g/mol. The van der Waals surface area contributed by atoms with Crippen molar-refractivity contribution in [2.75, 3.05) is 13.1 Å². The van der Waals surface area contributed by atoms with Gasteiger partial charge < -0.3 is 10.0 Å². The Hall–Kier alpha value is -1.49. The number of aliphatic hydroxyl groups is 1. The lowest BCUT2D eigenvalue weighted by Crippen LogP contribution is -2.40. The van der Waals surface area contributed by atoms with Gasteiger partial charge in [0.05, 0.1) is 17.9 Å². The Morgan fingerprint density at radius 1 is 1.50 bits per heavy atom. The van der Waals surface area contributed by atoms with Crippen molar-refractivity contribution in [2.45, 2.75) is 25.9 Å². The number of nitrogens with zero attached hydrogens (tertiary/aromatic N) is 2. The molecule has 1 aliphatic rings. The molecule has 1 aromatic heterocycles. The summed E-state index contributed by atoms with van der Waals surface area (Å²) in [7, 11) is 0. The highest BCUT2D eigenvalue weighted by Crippen LogP contribution is 2.21. The van der Waals surface area contributed by atoms with Crippen LogP contribution in [-0.2, 0) is 0 Å². The Morgan fingerprint density at radius 3 is 2.72 bits per heavy atom. The standard InChI is InChI=1S/C13H17FN2O2/c1-9(17)10-2-4-16(5-3-10)13(18)11-6-12(14)8-15-7-11/h6-10,17H,2-5H2,1H3/t9-/m1/s1. The van der Waals surface area contributed by atoms with Crippen molar-refractivity contribution in [1.82, 2.24) is 9.88 Å². The Bertz CT molecular complexity index is 429. The molecule has 98 valence electrons. The van der Waals surface area contributed by atoms with Crippen LogP contribution in [0.15, 0.2) is 18.5 Å². The van der Waals surface area contributed by atoms with E-state index in [0.717, 1.165) is 19.0 Å². The minimum Gasteiger partial charge on any atom is -0.393 e. The Kier molecular flexibility index (Phi) is 3.91. The van der Waals surface area contributed by atoms with E-state index in [0.29, 0.717) is 13.1 Å². The Morgan fingerprint density at radius 2 is 2.17 bits per heavy atom. The van der Waals surface area contributed by atoms with Gasteiger partial charge in [-0.2, -0.15) is 0 Å². The van der Waals surface area contributed by atoms with Crippen LogP contribution < -0.4 is 0 Å². The van der Waals surface area contributed by atoms with Crippen molar-refractivity contribution in [1.29, 1.82) is 0 Å². The second-order valence-electron chi connectivity index (χ2n) is 4.76. The summed E-state index contributed by atoms with van der Waals surface area (Å²) < 4.78 is 13.0. The molecule has 0 spiro atoms. The van der Waals surface area contributed by atoms with Crippen LogP contribution in [0.5, 0.6) is 0 Å². The molecule has 1 amide bonds. The first-order chi connectivity index (χ1) is 8.58. The number of amides is 1. The smallest absolute Gasteiger partial charge is 0.255 e. The summed E-state index contributed by atoms with van der Waals surface area (Å²) >= 11 is 0. The quantitative estimate of drug-likeness (QED) is 0.866. The zero-order valence-corrected chi connectivity index (χ0v) is 10.3. The molecule has 1 N–H and O–H groups in total. The average molecular weight is 252 g/mol. The van der Waals surface area contributed by atoms with Crippen LogP contribution >= 0.6 is 0 Å². The van der Waals surface area contributed by atoms with Crippen molar-refractivity contribution in [3.63, 3.8) is 0 Å². The van der Waals surface area contributed by atoms with Crippen LogP contribution in [0.25, 0.3) is 0 Å². The lowest BCUT2D eigenvalue weighted by Gasteiger charge is -2.33. The Labute approximate surface area is 105 Å². The van der Waals surface area contributed by atoms with Gasteiger partial charge in [0, 0.05) is 19.3 Å². The van der Waals surface area contributed by atoms with E-state index in [9.17, 15) is 14.3 Å². The molecule has 2 heterocycles. The van der Waals surface area contributed by atoms with Gasteiger partial charge >= 0.3 is 0 Å². The third-order valence-electron chi connectivity index (χ3n) is 3.46. The molecule has 0 radical (unpaired) electrons. The van der Waals surface area contributed by atoms with Crippen LogP contribution in [-0.4, -0.2) is 40.1 Å². The summed E-state index contributed by atoms with van der Waals surface area (Å²) in [4.78, 5) is 17.5. The molecule has 1 aromatic rings. The minimum absolute atomic E-state index is 0.189. The van der Waals surface area contributed by atoms with Gasteiger partial charge in [-0.3, -0.25) is 9.78 Å². The molecule has 1 saturated heterocycles. The van der Waals surface area contributed by atoms with E-state index in [1.165, 1.54) is 12.3 Å². The molecule has 1 aliphatic heterocycles. The number of halogens is 1. The summed E-state index contributed by atoms with van der Waals surface area (Å²) in [6.07, 6.45) is 3.69. The fourth-order valence-electron chi connectivity index (χ4n) is 2.30. The van der Waals surface area contributed by atoms with E-state index >= 15 is 0 Å². The zero-order valence-electron chi connectivity index (χ0n) is 10.3. The summed E-state index contributed by atoms with van der Waals surface area (Å²) in [6, 6.07) is 1.20. The normalized spacial score (nSPS) is 18.7. The predicted octanol–water partition coefficient (Wildman–Crippen LogP) is 1.45. The van der Waals surface area contributed by atoms with E-state index in [-0.39, 0.29) is 23.5 Å². The largest absolute Gasteiger partial charge is 0.393 e. The van der Waals surface area contributed by atoms with Crippen LogP contribution in [0.1, 0.15) is 30.1 Å². The van der Waals surface area contributed by atoms with E-state index in [4.69, 9.17) is 0 Å². The van der Waals surface area contributed by atoms with Gasteiger partial charge in [0.25, 0.3) is 5.91 Å². The van der Waals surface area contributed by atoms with E-state index in [1.807, 2.05) is 0 Å². The molecule has 0 saturated carbocycles. The number of likely N-dealkylation sites (tertiary alicyclic amines) is 1. The maximum Gasteiger partial charge on any atom is 0.255 e. The summed E-state index contributed by atoms with van der Waals surface area (Å²) in [5.41, 5.74) is 0.283. The number of aromatic nitrogens is 1. The topological polar surface area (TPSA) is 53.4 Å². The van der Waals surface area contributed by atoms with Gasteiger partial charge in [0.1, 0.15) is 5.82 Å². The molecule has 0 bridgehead atoms. The summed E-state index contributed by atoms with van der Waals surface area (Å²) in [6.45, 7) is 2.98. The molecular formula is C13H17FN2O2. The van der Waals surface area contributed by atoms with Crippen molar-refractivity contribution < 1.29 is 14.3 Å². The first-order valence-corrected chi connectivity index (χ1v) is 6.16. The molecule has 0 aromatic carbocycles. The van der Waals surface area contributed by atoms with Crippen molar-refractivity contribution in [3.05, 3.63) is 29.8 Å². The van der Waals surface area contributed by atoms with Crippen molar-refractivity contribution >= 4 is 5.91 Å². The number of piperidine rings is 1. The molecule has 1 fully saturated rings. The number of carbonyl (C=O) groups excluding carboxylic acids is 1. The number of rotatable bonds is 2. The van der Waals surface area contributed by atoms with Gasteiger partial charge in [0.2, 0.25) is 0 Å². The minimum atomic E-state index is -0.500. The number of carbonyl (C=O) groups is 1. The third kappa shape index (κ3) is 2.85. The van der Waals surface area contributed by atoms with Crippen LogP contribution in [0.4, 0.5) is 4.39 Å². The highest BCUT2D eigenvalue weighted by molar-refractivity contribution is 5.93. The predicted molar refractivity (Wildman–Crippen MR) is 64.5 cm³/mol. The molecule has 2 rings (SSSR count). The fraction of sp³-hybridized carbons (Fsp3) is 0.538. The average Bonchev–Trinajstić information content (AvgIpc) is 2.38.